The van der Waals surface area contributed by atoms with Crippen LogP contribution in [0.1, 0.15) is 43.4 Å². The smallest absolute Gasteiger partial charge is 0.00219 e. The molecule has 88 valence electrons. The highest BCUT2D eigenvalue weighted by molar-refractivity contribution is 5.34. The molecule has 0 saturated heterocycles. The van der Waals surface area contributed by atoms with Gasteiger partial charge in [0, 0.05) is 13.1 Å². The van der Waals surface area contributed by atoms with Crippen molar-refractivity contribution >= 4 is 0 Å². The fraction of sp³-hybridized carbons (Fsp3) is 0.600. The van der Waals surface area contributed by atoms with Crippen molar-refractivity contribution in [2.24, 2.45) is 0 Å². The lowest BCUT2D eigenvalue weighted by atomic mass is 9.95. The largest absolute Gasteiger partial charge is 0.303 e. The minimum Gasteiger partial charge on any atom is -0.303 e. The molecule has 0 aliphatic carbocycles. The van der Waals surface area contributed by atoms with E-state index < -0.39 is 0 Å². The maximum atomic E-state index is 2.55. The summed E-state index contributed by atoms with van der Waals surface area (Å²) in [7, 11) is 0. The predicted octanol–water partition coefficient (Wildman–Crippen LogP) is 3.23. The van der Waals surface area contributed by atoms with Gasteiger partial charge in [0.2, 0.25) is 0 Å². The van der Waals surface area contributed by atoms with Crippen LogP contribution in [0.15, 0.2) is 18.2 Å². The third-order valence-electron chi connectivity index (χ3n) is 3.74. The second-order valence-electron chi connectivity index (χ2n) is 5.12. The fourth-order valence-electron chi connectivity index (χ4n) is 2.47. The number of hydrogen-bond donors (Lipinski definition) is 0. The Morgan fingerprint density at radius 1 is 1.12 bits per heavy atom. The topological polar surface area (TPSA) is 3.24 Å². The second kappa shape index (κ2) is 5.01. The van der Waals surface area contributed by atoms with E-state index in [1.54, 1.807) is 11.1 Å². The lowest BCUT2D eigenvalue weighted by Gasteiger charge is -2.16. The minimum absolute atomic E-state index is 0.649. The van der Waals surface area contributed by atoms with Crippen LogP contribution in [0.2, 0.25) is 0 Å². The first-order valence-electron chi connectivity index (χ1n) is 6.54. The average Bonchev–Trinajstić information content (AvgIpc) is 2.50. The molecule has 1 aromatic carbocycles. The van der Waals surface area contributed by atoms with Crippen LogP contribution in [0.5, 0.6) is 0 Å². The van der Waals surface area contributed by atoms with E-state index in [-0.39, 0.29) is 0 Å². The van der Waals surface area contributed by atoms with Crippen LogP contribution in [0.25, 0.3) is 0 Å². The zero-order valence-electron chi connectivity index (χ0n) is 10.8. The van der Waals surface area contributed by atoms with Crippen molar-refractivity contribution in [3.8, 4) is 0 Å². The molecule has 1 heteroatoms. The van der Waals surface area contributed by atoms with Crippen molar-refractivity contribution < 1.29 is 0 Å². The van der Waals surface area contributed by atoms with Gasteiger partial charge >= 0.3 is 0 Å². The van der Waals surface area contributed by atoms with E-state index in [1.807, 2.05) is 0 Å². The molecular weight excluding hydrogens is 194 g/mol. The van der Waals surface area contributed by atoms with Gasteiger partial charge in [-0.15, -0.1) is 0 Å². The van der Waals surface area contributed by atoms with E-state index >= 15 is 0 Å². The summed E-state index contributed by atoms with van der Waals surface area (Å²) in [6.45, 7) is 10.4. The van der Waals surface area contributed by atoms with E-state index in [0.29, 0.717) is 5.92 Å². The third-order valence-corrected chi connectivity index (χ3v) is 3.74. The Morgan fingerprint density at radius 3 is 2.44 bits per heavy atom. The number of likely N-dealkylation sites (N-methyl/N-ethyl adjacent to an activating group) is 1. The Morgan fingerprint density at radius 2 is 1.81 bits per heavy atom. The molecule has 1 nitrogen and oxygen atoms in total. The van der Waals surface area contributed by atoms with E-state index in [0.717, 1.165) is 0 Å². The molecule has 0 bridgehead atoms. The van der Waals surface area contributed by atoms with Gasteiger partial charge in [-0.1, -0.05) is 39.0 Å². The van der Waals surface area contributed by atoms with Gasteiger partial charge in [0.15, 0.2) is 0 Å². The molecule has 0 radical (unpaired) electrons. The molecule has 0 N–H and O–H groups in total. The normalized spacial score (nSPS) is 17.2. The summed E-state index contributed by atoms with van der Waals surface area (Å²) in [6, 6.07) is 7.09. The summed E-state index contributed by atoms with van der Waals surface area (Å²) in [5.74, 6) is 0.649. The van der Waals surface area contributed by atoms with Crippen molar-refractivity contribution in [3.05, 3.63) is 34.9 Å². The Kier molecular flexibility index (Phi) is 3.65. The highest BCUT2D eigenvalue weighted by atomic mass is 15.1. The summed E-state index contributed by atoms with van der Waals surface area (Å²) < 4.78 is 0. The van der Waals surface area contributed by atoms with Crippen LogP contribution >= 0.6 is 0 Å². The maximum absolute atomic E-state index is 2.55. The molecule has 1 heterocycles. The standard InChI is InChI=1S/C15H23N/c1-4-16-9-7-13-5-6-14(12(2)3)11-15(13)8-10-16/h5-6,11-12H,4,7-10H2,1-3H3. The molecule has 16 heavy (non-hydrogen) atoms. The first kappa shape index (κ1) is 11.7. The zero-order chi connectivity index (χ0) is 11.5. The maximum Gasteiger partial charge on any atom is 0.00219 e. The number of fused-ring (bicyclic) bond motifs is 1. The highest BCUT2D eigenvalue weighted by Gasteiger charge is 2.13. The monoisotopic (exact) mass is 217 g/mol. The summed E-state index contributed by atoms with van der Waals surface area (Å²) in [5, 5.41) is 0. The summed E-state index contributed by atoms with van der Waals surface area (Å²) in [4.78, 5) is 2.55. The van der Waals surface area contributed by atoms with Crippen LogP contribution in [0.4, 0.5) is 0 Å². The highest BCUT2D eigenvalue weighted by Crippen LogP contribution is 2.22. The molecule has 1 aromatic rings. The minimum atomic E-state index is 0.649. The van der Waals surface area contributed by atoms with Crippen LogP contribution in [-0.4, -0.2) is 24.5 Å². The van der Waals surface area contributed by atoms with Gasteiger partial charge in [0.1, 0.15) is 0 Å². The predicted molar refractivity (Wildman–Crippen MR) is 70.1 cm³/mol. The van der Waals surface area contributed by atoms with Gasteiger partial charge in [-0.3, -0.25) is 0 Å². The molecule has 0 fully saturated rings. The summed E-state index contributed by atoms with van der Waals surface area (Å²) in [5.41, 5.74) is 4.64. The van der Waals surface area contributed by atoms with Crippen molar-refractivity contribution in [3.63, 3.8) is 0 Å². The Hall–Kier alpha value is -0.820. The zero-order valence-corrected chi connectivity index (χ0v) is 10.8. The fourth-order valence-corrected chi connectivity index (χ4v) is 2.47. The molecule has 0 unspecified atom stereocenters. The number of benzene rings is 1. The van der Waals surface area contributed by atoms with Crippen LogP contribution < -0.4 is 0 Å². The quantitative estimate of drug-likeness (QED) is 0.735. The summed E-state index contributed by atoms with van der Waals surface area (Å²) >= 11 is 0. The molecule has 0 aromatic heterocycles. The van der Waals surface area contributed by atoms with Crippen molar-refractivity contribution in [1.82, 2.24) is 4.90 Å². The van der Waals surface area contributed by atoms with E-state index in [9.17, 15) is 0 Å². The van der Waals surface area contributed by atoms with Crippen LogP contribution in [0, 0.1) is 0 Å². The van der Waals surface area contributed by atoms with Gasteiger partial charge in [-0.2, -0.15) is 0 Å². The number of rotatable bonds is 2. The molecule has 2 rings (SSSR count). The SMILES string of the molecule is CCN1CCc2ccc(C(C)C)cc2CC1. The van der Waals surface area contributed by atoms with Crippen molar-refractivity contribution in [2.75, 3.05) is 19.6 Å². The first-order chi connectivity index (χ1) is 7.70. The van der Waals surface area contributed by atoms with Gasteiger partial charge in [-0.25, -0.2) is 0 Å². The van der Waals surface area contributed by atoms with Gasteiger partial charge in [0.25, 0.3) is 0 Å². The van der Waals surface area contributed by atoms with Crippen molar-refractivity contribution in [2.45, 2.75) is 39.5 Å². The van der Waals surface area contributed by atoms with Crippen LogP contribution in [0.3, 0.4) is 0 Å². The Bertz CT molecular complexity index is 354. The molecule has 1 aliphatic heterocycles. The van der Waals surface area contributed by atoms with E-state index in [1.165, 1.54) is 38.0 Å². The number of hydrogen-bond acceptors (Lipinski definition) is 1. The third kappa shape index (κ3) is 2.46. The van der Waals surface area contributed by atoms with E-state index in [2.05, 4.69) is 43.9 Å². The van der Waals surface area contributed by atoms with Gasteiger partial charge in [-0.05, 0) is 42.0 Å². The summed E-state index contributed by atoms with van der Waals surface area (Å²) in [6.07, 6.45) is 2.45. The molecule has 0 saturated carbocycles. The van der Waals surface area contributed by atoms with Gasteiger partial charge in [0.05, 0.1) is 0 Å². The molecule has 0 atom stereocenters. The second-order valence-corrected chi connectivity index (χ2v) is 5.12. The van der Waals surface area contributed by atoms with Gasteiger partial charge < -0.3 is 4.90 Å². The lowest BCUT2D eigenvalue weighted by molar-refractivity contribution is 0.303. The van der Waals surface area contributed by atoms with E-state index in [4.69, 9.17) is 0 Å². The molecule has 0 amide bonds. The van der Waals surface area contributed by atoms with Crippen LogP contribution in [-0.2, 0) is 12.8 Å². The lowest BCUT2D eigenvalue weighted by Crippen LogP contribution is -2.25. The molecule has 1 aliphatic rings. The van der Waals surface area contributed by atoms with Crippen molar-refractivity contribution in [1.29, 1.82) is 0 Å². The Labute approximate surface area is 99.5 Å². The average molecular weight is 217 g/mol. The first-order valence-corrected chi connectivity index (χ1v) is 6.54. The number of nitrogens with zero attached hydrogens (tertiary/aromatic N) is 1. The Balaban J connectivity index is 2.21. The molecular formula is C15H23N. The molecule has 0 spiro atoms.